The SMILES string of the molecule is CCCCC(=Cc1cccc([N+](=O)[O-])c1)[N+](=O)[O-]. The van der Waals surface area contributed by atoms with Gasteiger partial charge in [-0.05, 0) is 12.0 Å². The minimum atomic E-state index is -0.519. The largest absolute Gasteiger partial charge is 0.270 e. The van der Waals surface area contributed by atoms with Gasteiger partial charge >= 0.3 is 0 Å². The van der Waals surface area contributed by atoms with Gasteiger partial charge in [0, 0.05) is 24.6 Å². The Kier molecular flexibility index (Phi) is 4.98. The second-order valence-corrected chi connectivity index (χ2v) is 3.85. The number of unbranched alkanes of at least 4 members (excludes halogenated alkanes) is 1. The van der Waals surface area contributed by atoms with Crippen molar-refractivity contribution in [1.29, 1.82) is 0 Å². The molecule has 0 saturated heterocycles. The van der Waals surface area contributed by atoms with E-state index in [9.17, 15) is 20.2 Å². The molecule has 6 nitrogen and oxygen atoms in total. The third-order valence-electron chi connectivity index (χ3n) is 2.44. The maximum Gasteiger partial charge on any atom is 0.270 e. The Morgan fingerprint density at radius 2 is 2.06 bits per heavy atom. The molecule has 0 aliphatic rings. The normalized spacial score (nSPS) is 11.3. The number of benzene rings is 1. The van der Waals surface area contributed by atoms with Crippen molar-refractivity contribution in [2.75, 3.05) is 0 Å². The summed E-state index contributed by atoms with van der Waals surface area (Å²) < 4.78 is 0. The molecule has 0 unspecified atom stereocenters. The van der Waals surface area contributed by atoms with E-state index in [-0.39, 0.29) is 11.4 Å². The molecular formula is C12H14N2O4. The summed E-state index contributed by atoms with van der Waals surface area (Å²) in [5, 5.41) is 21.4. The number of nitrogens with zero attached hydrogens (tertiary/aromatic N) is 2. The van der Waals surface area contributed by atoms with Crippen LogP contribution in [-0.4, -0.2) is 9.85 Å². The third kappa shape index (κ3) is 3.97. The summed E-state index contributed by atoms with van der Waals surface area (Å²) in [5.74, 6) is 0. The van der Waals surface area contributed by atoms with Gasteiger partial charge < -0.3 is 0 Å². The lowest BCUT2D eigenvalue weighted by molar-refractivity contribution is -0.426. The smallest absolute Gasteiger partial charge is 0.259 e. The van der Waals surface area contributed by atoms with E-state index in [0.717, 1.165) is 12.8 Å². The van der Waals surface area contributed by atoms with Crippen LogP contribution in [0.2, 0.25) is 0 Å². The Labute approximate surface area is 104 Å². The molecule has 1 aromatic rings. The minimum Gasteiger partial charge on any atom is -0.259 e. The quantitative estimate of drug-likeness (QED) is 0.571. The second-order valence-electron chi connectivity index (χ2n) is 3.85. The molecule has 0 radical (unpaired) electrons. The number of hydrogen-bond acceptors (Lipinski definition) is 4. The first-order chi connectivity index (χ1) is 8.54. The van der Waals surface area contributed by atoms with Crippen molar-refractivity contribution in [1.82, 2.24) is 0 Å². The van der Waals surface area contributed by atoms with Gasteiger partial charge in [-0.2, -0.15) is 0 Å². The Bertz CT molecular complexity index is 483. The summed E-state index contributed by atoms with van der Waals surface area (Å²) in [4.78, 5) is 20.5. The van der Waals surface area contributed by atoms with Crippen LogP contribution in [0.25, 0.3) is 6.08 Å². The summed E-state index contributed by atoms with van der Waals surface area (Å²) in [6.07, 6.45) is 3.34. The van der Waals surface area contributed by atoms with Crippen molar-refractivity contribution < 1.29 is 9.85 Å². The van der Waals surface area contributed by atoms with Crippen LogP contribution in [0.4, 0.5) is 5.69 Å². The first kappa shape index (κ1) is 13.8. The van der Waals surface area contributed by atoms with Gasteiger partial charge in [-0.1, -0.05) is 25.5 Å². The number of hydrogen-bond donors (Lipinski definition) is 0. The van der Waals surface area contributed by atoms with E-state index in [1.165, 1.54) is 24.3 Å². The average molecular weight is 250 g/mol. The highest BCUT2D eigenvalue weighted by Crippen LogP contribution is 2.18. The molecule has 0 spiro atoms. The predicted molar refractivity (Wildman–Crippen MR) is 67.6 cm³/mol. The summed E-state index contributed by atoms with van der Waals surface area (Å²) in [6.45, 7) is 1.95. The first-order valence-electron chi connectivity index (χ1n) is 5.64. The molecule has 0 fully saturated rings. The molecule has 0 N–H and O–H groups in total. The zero-order valence-electron chi connectivity index (χ0n) is 10.0. The molecule has 6 heteroatoms. The monoisotopic (exact) mass is 250 g/mol. The van der Waals surface area contributed by atoms with Crippen molar-refractivity contribution in [3.05, 3.63) is 55.8 Å². The van der Waals surface area contributed by atoms with E-state index < -0.39 is 9.85 Å². The Morgan fingerprint density at radius 3 is 2.61 bits per heavy atom. The van der Waals surface area contributed by atoms with E-state index >= 15 is 0 Å². The van der Waals surface area contributed by atoms with E-state index in [1.807, 2.05) is 6.92 Å². The molecule has 0 heterocycles. The fraction of sp³-hybridized carbons (Fsp3) is 0.333. The molecule has 0 aliphatic carbocycles. The van der Waals surface area contributed by atoms with Crippen molar-refractivity contribution >= 4 is 11.8 Å². The highest BCUT2D eigenvalue weighted by Gasteiger charge is 2.11. The minimum absolute atomic E-state index is 0.0676. The van der Waals surface area contributed by atoms with Crippen molar-refractivity contribution in [3.8, 4) is 0 Å². The van der Waals surface area contributed by atoms with Crippen LogP contribution in [-0.2, 0) is 0 Å². The van der Waals surface area contributed by atoms with Crippen LogP contribution in [0.1, 0.15) is 31.7 Å². The lowest BCUT2D eigenvalue weighted by Crippen LogP contribution is -1.98. The van der Waals surface area contributed by atoms with Crippen LogP contribution in [0.5, 0.6) is 0 Å². The van der Waals surface area contributed by atoms with Gasteiger partial charge in [0.1, 0.15) is 0 Å². The average Bonchev–Trinajstić information content (AvgIpc) is 2.34. The summed E-state index contributed by atoms with van der Waals surface area (Å²) in [5.41, 5.74) is 0.492. The summed E-state index contributed by atoms with van der Waals surface area (Å²) in [6, 6.07) is 5.81. The summed E-state index contributed by atoms with van der Waals surface area (Å²) >= 11 is 0. The highest BCUT2D eigenvalue weighted by molar-refractivity contribution is 5.54. The molecule has 1 aromatic carbocycles. The van der Waals surface area contributed by atoms with Gasteiger partial charge in [0.05, 0.1) is 9.85 Å². The van der Waals surface area contributed by atoms with E-state index in [2.05, 4.69) is 0 Å². The van der Waals surface area contributed by atoms with Crippen molar-refractivity contribution in [3.63, 3.8) is 0 Å². The van der Waals surface area contributed by atoms with Crippen LogP contribution in [0.3, 0.4) is 0 Å². The number of non-ortho nitro benzene ring substituents is 1. The van der Waals surface area contributed by atoms with Crippen LogP contribution < -0.4 is 0 Å². The third-order valence-corrected chi connectivity index (χ3v) is 2.44. The topological polar surface area (TPSA) is 86.3 Å². The molecular weight excluding hydrogens is 236 g/mol. The molecule has 18 heavy (non-hydrogen) atoms. The van der Waals surface area contributed by atoms with Crippen LogP contribution in [0, 0.1) is 20.2 Å². The highest BCUT2D eigenvalue weighted by atomic mass is 16.6. The maximum atomic E-state index is 10.8. The molecule has 0 saturated carbocycles. The molecule has 0 bridgehead atoms. The lowest BCUT2D eigenvalue weighted by atomic mass is 10.1. The number of rotatable bonds is 6. The molecule has 0 amide bonds. The van der Waals surface area contributed by atoms with Crippen LogP contribution >= 0.6 is 0 Å². The van der Waals surface area contributed by atoms with Gasteiger partial charge in [-0.3, -0.25) is 20.2 Å². The van der Waals surface area contributed by atoms with E-state index in [0.29, 0.717) is 12.0 Å². The van der Waals surface area contributed by atoms with E-state index in [1.54, 1.807) is 6.07 Å². The van der Waals surface area contributed by atoms with Gasteiger partial charge in [0.2, 0.25) is 5.70 Å². The van der Waals surface area contributed by atoms with Crippen molar-refractivity contribution in [2.24, 2.45) is 0 Å². The Hall–Kier alpha value is -2.24. The van der Waals surface area contributed by atoms with Gasteiger partial charge in [0.15, 0.2) is 0 Å². The number of nitro benzene ring substituents is 1. The lowest BCUT2D eigenvalue weighted by Gasteiger charge is -1.98. The zero-order valence-corrected chi connectivity index (χ0v) is 10.0. The standard InChI is InChI=1S/C12H14N2O4/c1-2-3-6-11(13(15)16)8-10-5-4-7-12(9-10)14(17)18/h4-5,7-9H,2-3,6H2,1H3. The Balaban J connectivity index is 3.00. The predicted octanol–water partition coefficient (Wildman–Crippen LogP) is 3.40. The number of nitro groups is 2. The fourth-order valence-electron chi connectivity index (χ4n) is 1.49. The maximum absolute atomic E-state index is 10.8. The second kappa shape index (κ2) is 6.48. The number of allylic oxidation sites excluding steroid dienone is 1. The fourth-order valence-corrected chi connectivity index (χ4v) is 1.49. The van der Waals surface area contributed by atoms with Gasteiger partial charge in [0.25, 0.3) is 5.69 Å². The van der Waals surface area contributed by atoms with Gasteiger partial charge in [-0.15, -0.1) is 0 Å². The molecule has 1 rings (SSSR count). The van der Waals surface area contributed by atoms with Gasteiger partial charge in [-0.25, -0.2) is 0 Å². The first-order valence-corrected chi connectivity index (χ1v) is 5.64. The molecule has 0 aromatic heterocycles. The Morgan fingerprint density at radius 1 is 1.33 bits per heavy atom. The summed E-state index contributed by atoms with van der Waals surface area (Å²) in [7, 11) is 0. The molecule has 0 atom stereocenters. The molecule has 0 aliphatic heterocycles. The zero-order chi connectivity index (χ0) is 13.5. The van der Waals surface area contributed by atoms with Crippen LogP contribution in [0.15, 0.2) is 30.0 Å². The van der Waals surface area contributed by atoms with Crippen molar-refractivity contribution in [2.45, 2.75) is 26.2 Å². The van der Waals surface area contributed by atoms with E-state index in [4.69, 9.17) is 0 Å². The molecule has 96 valence electrons.